The first-order valence-corrected chi connectivity index (χ1v) is 12.6. The molecule has 9 nitrogen and oxygen atoms in total. The molecule has 0 amide bonds. The molecule has 0 aliphatic heterocycles. The number of hydrogen-bond donors (Lipinski definition) is 1. The van der Waals surface area contributed by atoms with Crippen molar-refractivity contribution in [1.82, 2.24) is 9.97 Å². The van der Waals surface area contributed by atoms with E-state index in [1.54, 1.807) is 24.3 Å². The van der Waals surface area contributed by atoms with E-state index < -0.39 is 10.9 Å². The van der Waals surface area contributed by atoms with Crippen LogP contribution in [-0.2, 0) is 11.4 Å². The molecule has 0 radical (unpaired) electrons. The number of hydrogen-bond acceptors (Lipinski definition) is 7. The van der Waals surface area contributed by atoms with Gasteiger partial charge in [0.2, 0.25) is 5.88 Å². The summed E-state index contributed by atoms with van der Waals surface area (Å²) < 4.78 is 11.7. The van der Waals surface area contributed by atoms with Crippen molar-refractivity contribution in [2.24, 2.45) is 0 Å². The van der Waals surface area contributed by atoms with Crippen molar-refractivity contribution in [1.29, 1.82) is 0 Å². The van der Waals surface area contributed by atoms with Crippen molar-refractivity contribution in [3.8, 4) is 34.3 Å². The quantitative estimate of drug-likeness (QED) is 0.113. The van der Waals surface area contributed by atoms with Crippen molar-refractivity contribution in [3.05, 3.63) is 113 Å². The summed E-state index contributed by atoms with van der Waals surface area (Å²) in [5.41, 5.74) is 2.75. The second-order valence-corrected chi connectivity index (χ2v) is 9.03. The third-order valence-electron chi connectivity index (χ3n) is 6.21. The number of nitro benzene ring substituents is 1. The molecule has 200 valence electrons. The van der Waals surface area contributed by atoms with Crippen LogP contribution in [0, 0.1) is 10.1 Å². The number of carboxylic acids is 1. The van der Waals surface area contributed by atoms with Crippen molar-refractivity contribution in [2.75, 3.05) is 6.61 Å². The van der Waals surface area contributed by atoms with Gasteiger partial charge in [-0.2, -0.15) is 4.98 Å². The SMILES string of the molecule is O=C(O)CCCOc1ccc2cc(-c3nc(OCc4ccccc4[N+](=O)[O-])cc(-c4ccccc4)n3)ccc2c1. The molecule has 0 saturated carbocycles. The molecule has 5 aromatic rings. The number of aromatic nitrogens is 2. The summed E-state index contributed by atoms with van der Waals surface area (Å²) in [5.74, 6) is 0.573. The zero-order valence-corrected chi connectivity index (χ0v) is 21.4. The summed E-state index contributed by atoms with van der Waals surface area (Å²) in [6, 6.07) is 29.3. The number of carboxylic acid groups (broad SMARTS) is 1. The average Bonchev–Trinajstić information content (AvgIpc) is 2.98. The Hall–Kier alpha value is -5.31. The number of nitrogens with zero attached hydrogens (tertiary/aromatic N) is 3. The minimum Gasteiger partial charge on any atom is -0.494 e. The van der Waals surface area contributed by atoms with E-state index in [4.69, 9.17) is 19.6 Å². The number of rotatable bonds is 11. The van der Waals surface area contributed by atoms with Gasteiger partial charge in [-0.05, 0) is 41.5 Å². The Labute approximate surface area is 229 Å². The van der Waals surface area contributed by atoms with Crippen molar-refractivity contribution < 1.29 is 24.3 Å². The minimum absolute atomic E-state index is 0.0140. The highest BCUT2D eigenvalue weighted by atomic mass is 16.6. The summed E-state index contributed by atoms with van der Waals surface area (Å²) in [6.45, 7) is 0.305. The van der Waals surface area contributed by atoms with Gasteiger partial charge in [-0.15, -0.1) is 0 Å². The molecule has 0 aliphatic carbocycles. The molecule has 0 atom stereocenters. The Bertz CT molecular complexity index is 1670. The van der Waals surface area contributed by atoms with Crippen LogP contribution in [0.15, 0.2) is 97.1 Å². The highest BCUT2D eigenvalue weighted by molar-refractivity contribution is 5.87. The number of benzene rings is 4. The van der Waals surface area contributed by atoms with Crippen LogP contribution < -0.4 is 9.47 Å². The van der Waals surface area contributed by atoms with E-state index in [2.05, 4.69) is 4.98 Å². The van der Waals surface area contributed by atoms with Crippen LogP contribution in [0.2, 0.25) is 0 Å². The first-order valence-electron chi connectivity index (χ1n) is 12.6. The monoisotopic (exact) mass is 535 g/mol. The topological polar surface area (TPSA) is 125 Å². The number of fused-ring (bicyclic) bond motifs is 1. The summed E-state index contributed by atoms with van der Waals surface area (Å²) in [5, 5.41) is 22.1. The molecule has 0 bridgehead atoms. The summed E-state index contributed by atoms with van der Waals surface area (Å²) in [6.07, 6.45) is 0.496. The fraction of sp³-hybridized carbons (Fsp3) is 0.129. The number of para-hydroxylation sites is 1. The van der Waals surface area contributed by atoms with E-state index in [0.717, 1.165) is 21.9 Å². The van der Waals surface area contributed by atoms with Gasteiger partial charge < -0.3 is 14.6 Å². The zero-order valence-electron chi connectivity index (χ0n) is 21.4. The van der Waals surface area contributed by atoms with E-state index in [0.29, 0.717) is 41.7 Å². The lowest BCUT2D eigenvalue weighted by Crippen LogP contribution is -2.03. The van der Waals surface area contributed by atoms with E-state index in [1.165, 1.54) is 6.07 Å². The normalized spacial score (nSPS) is 10.8. The second kappa shape index (κ2) is 12.0. The van der Waals surface area contributed by atoms with Gasteiger partial charge in [-0.3, -0.25) is 14.9 Å². The van der Waals surface area contributed by atoms with Crippen molar-refractivity contribution in [3.63, 3.8) is 0 Å². The van der Waals surface area contributed by atoms with Gasteiger partial charge in [0.1, 0.15) is 12.4 Å². The Kier molecular flexibility index (Phi) is 7.92. The Morgan fingerprint density at radius 3 is 2.38 bits per heavy atom. The molecule has 9 heteroatoms. The molecule has 0 aliphatic rings. The molecular weight excluding hydrogens is 510 g/mol. The molecule has 1 aromatic heterocycles. The van der Waals surface area contributed by atoms with Crippen LogP contribution >= 0.6 is 0 Å². The third-order valence-corrected chi connectivity index (χ3v) is 6.21. The Morgan fingerprint density at radius 2 is 1.57 bits per heavy atom. The summed E-state index contributed by atoms with van der Waals surface area (Å²) >= 11 is 0. The smallest absolute Gasteiger partial charge is 0.303 e. The average molecular weight is 536 g/mol. The third kappa shape index (κ3) is 6.39. The first kappa shape index (κ1) is 26.3. The van der Waals surface area contributed by atoms with Crippen LogP contribution in [0.1, 0.15) is 18.4 Å². The lowest BCUT2D eigenvalue weighted by atomic mass is 10.1. The van der Waals surface area contributed by atoms with Crippen LogP contribution in [0.25, 0.3) is 33.4 Å². The van der Waals surface area contributed by atoms with E-state index in [1.807, 2.05) is 66.7 Å². The molecular formula is C31H25N3O6. The first-order chi connectivity index (χ1) is 19.5. The minimum atomic E-state index is -0.844. The molecule has 0 spiro atoms. The molecule has 0 fully saturated rings. The number of nitro groups is 1. The Balaban J connectivity index is 1.44. The summed E-state index contributed by atoms with van der Waals surface area (Å²) in [7, 11) is 0. The van der Waals surface area contributed by atoms with Crippen LogP contribution in [0.5, 0.6) is 11.6 Å². The van der Waals surface area contributed by atoms with Crippen LogP contribution in [-0.4, -0.2) is 32.6 Å². The maximum Gasteiger partial charge on any atom is 0.303 e. The molecule has 0 unspecified atom stereocenters. The largest absolute Gasteiger partial charge is 0.494 e. The van der Waals surface area contributed by atoms with Gasteiger partial charge in [0.15, 0.2) is 5.82 Å². The van der Waals surface area contributed by atoms with Gasteiger partial charge in [-0.25, -0.2) is 4.98 Å². The highest BCUT2D eigenvalue weighted by Gasteiger charge is 2.15. The van der Waals surface area contributed by atoms with E-state index in [9.17, 15) is 14.9 Å². The zero-order chi connectivity index (χ0) is 27.9. The van der Waals surface area contributed by atoms with Crippen LogP contribution in [0.3, 0.4) is 0 Å². The van der Waals surface area contributed by atoms with Gasteiger partial charge in [0, 0.05) is 29.7 Å². The van der Waals surface area contributed by atoms with Gasteiger partial charge >= 0.3 is 5.97 Å². The predicted molar refractivity (Wildman–Crippen MR) is 150 cm³/mol. The van der Waals surface area contributed by atoms with Crippen LogP contribution in [0.4, 0.5) is 5.69 Å². The predicted octanol–water partition coefficient (Wildman–Crippen LogP) is 6.69. The standard InChI is InChI=1S/C31H25N3O6/c35-30(36)11-6-16-39-26-15-14-22-17-24(13-12-23(22)18-26)31-32-27(21-7-2-1-3-8-21)19-29(33-31)40-20-25-9-4-5-10-28(25)34(37)38/h1-5,7-10,12-15,17-19H,6,11,16,20H2,(H,35,36). The lowest BCUT2D eigenvalue weighted by Gasteiger charge is -2.11. The van der Waals surface area contributed by atoms with Gasteiger partial charge in [-0.1, -0.05) is 60.7 Å². The maximum atomic E-state index is 11.4. The maximum absolute atomic E-state index is 11.4. The second-order valence-electron chi connectivity index (χ2n) is 9.03. The number of ether oxygens (including phenoxy) is 2. The molecule has 4 aromatic carbocycles. The van der Waals surface area contributed by atoms with E-state index >= 15 is 0 Å². The van der Waals surface area contributed by atoms with Crippen molar-refractivity contribution in [2.45, 2.75) is 19.4 Å². The molecule has 40 heavy (non-hydrogen) atoms. The molecule has 0 saturated heterocycles. The molecule has 1 heterocycles. The van der Waals surface area contributed by atoms with Gasteiger partial charge in [0.25, 0.3) is 5.69 Å². The van der Waals surface area contributed by atoms with E-state index in [-0.39, 0.29) is 18.7 Å². The lowest BCUT2D eigenvalue weighted by molar-refractivity contribution is -0.385. The summed E-state index contributed by atoms with van der Waals surface area (Å²) in [4.78, 5) is 31.1. The van der Waals surface area contributed by atoms with Gasteiger partial charge in [0.05, 0.1) is 22.8 Å². The number of aliphatic carboxylic acids is 1. The highest BCUT2D eigenvalue weighted by Crippen LogP contribution is 2.30. The molecule has 5 rings (SSSR count). The fourth-order valence-electron chi connectivity index (χ4n) is 4.21. The fourth-order valence-corrected chi connectivity index (χ4v) is 4.21. The Morgan fingerprint density at radius 1 is 0.825 bits per heavy atom. The van der Waals surface area contributed by atoms with Crippen molar-refractivity contribution >= 4 is 22.4 Å². The number of carbonyl (C=O) groups is 1. The molecule has 1 N–H and O–H groups in total.